The van der Waals surface area contributed by atoms with E-state index in [2.05, 4.69) is 23.8 Å². The van der Waals surface area contributed by atoms with Crippen LogP contribution in [0.2, 0.25) is 0 Å². The maximum Gasteiger partial charge on any atom is 0.326 e. The number of aliphatic carboxylic acids is 1. The van der Waals surface area contributed by atoms with Gasteiger partial charge in [-0.1, -0.05) is 13.8 Å². The monoisotopic (exact) mass is 209 g/mol. The predicted molar refractivity (Wildman–Crippen MR) is 55.1 cm³/mol. The van der Waals surface area contributed by atoms with Gasteiger partial charge in [0.1, 0.15) is 12.4 Å². The molecular weight excluding hydrogens is 194 g/mol. The predicted octanol–water partition coefficient (Wildman–Crippen LogP) is 0.759. The first-order valence-electron chi connectivity index (χ1n) is 4.80. The first-order valence-corrected chi connectivity index (χ1v) is 4.80. The average Bonchev–Trinajstić information content (AvgIpc) is 2.16. The third kappa shape index (κ3) is 3.28. The Morgan fingerprint density at radius 2 is 2.20 bits per heavy atom. The van der Waals surface area contributed by atoms with Gasteiger partial charge in [-0.15, -0.1) is 0 Å². The quantitative estimate of drug-likeness (QED) is 0.764. The third-order valence-electron chi connectivity index (χ3n) is 1.95. The van der Waals surface area contributed by atoms with Gasteiger partial charge in [0, 0.05) is 5.69 Å². The van der Waals surface area contributed by atoms with Crippen LogP contribution in [0.4, 0.5) is 0 Å². The molecule has 82 valence electrons. The third-order valence-corrected chi connectivity index (χ3v) is 1.95. The lowest BCUT2D eigenvalue weighted by Gasteiger charge is -2.08. The Bertz CT molecular complexity index is 352. The lowest BCUT2D eigenvalue weighted by molar-refractivity contribution is -0.138. The molecule has 5 nitrogen and oxygen atoms in total. The van der Waals surface area contributed by atoms with Crippen molar-refractivity contribution < 1.29 is 9.90 Å². The molecule has 0 bridgehead atoms. The molecule has 0 radical (unpaired) electrons. The Morgan fingerprint density at radius 1 is 1.53 bits per heavy atom. The maximum atomic E-state index is 10.6. The van der Waals surface area contributed by atoms with Gasteiger partial charge in [0.25, 0.3) is 0 Å². The van der Waals surface area contributed by atoms with Gasteiger partial charge < -0.3 is 10.8 Å². The van der Waals surface area contributed by atoms with Crippen LogP contribution >= 0.6 is 0 Å². The number of hydrogen-bond acceptors (Lipinski definition) is 4. The average molecular weight is 209 g/mol. The molecule has 15 heavy (non-hydrogen) atoms. The van der Waals surface area contributed by atoms with Crippen LogP contribution in [0.1, 0.15) is 31.3 Å². The summed E-state index contributed by atoms with van der Waals surface area (Å²) in [5.74, 6) is -0.613. The topological polar surface area (TPSA) is 89.1 Å². The van der Waals surface area contributed by atoms with E-state index < -0.39 is 12.0 Å². The highest BCUT2D eigenvalue weighted by atomic mass is 16.4. The van der Waals surface area contributed by atoms with Gasteiger partial charge in [0.05, 0.1) is 5.69 Å². The van der Waals surface area contributed by atoms with Crippen LogP contribution in [-0.4, -0.2) is 21.0 Å². The van der Waals surface area contributed by atoms with Crippen LogP contribution in [0.5, 0.6) is 0 Å². The molecule has 0 saturated heterocycles. The lowest BCUT2D eigenvalue weighted by Crippen LogP contribution is -2.22. The van der Waals surface area contributed by atoms with Crippen LogP contribution in [-0.2, 0) is 11.2 Å². The number of nitrogens with zero attached hydrogens (tertiary/aromatic N) is 2. The van der Waals surface area contributed by atoms with E-state index >= 15 is 0 Å². The molecule has 0 aliphatic rings. The number of aromatic nitrogens is 2. The second-order valence-corrected chi connectivity index (χ2v) is 3.85. The molecule has 0 aromatic carbocycles. The molecule has 0 fully saturated rings. The molecule has 1 unspecified atom stereocenters. The summed E-state index contributed by atoms with van der Waals surface area (Å²) in [7, 11) is 0. The van der Waals surface area contributed by atoms with Gasteiger partial charge in [-0.2, -0.15) is 0 Å². The van der Waals surface area contributed by atoms with Crippen molar-refractivity contribution in [3.8, 4) is 0 Å². The van der Waals surface area contributed by atoms with E-state index in [1.165, 1.54) is 6.33 Å². The fraction of sp³-hybridized carbons (Fsp3) is 0.500. The van der Waals surface area contributed by atoms with Crippen molar-refractivity contribution in [2.75, 3.05) is 0 Å². The second-order valence-electron chi connectivity index (χ2n) is 3.85. The zero-order valence-electron chi connectivity index (χ0n) is 8.84. The number of carbonyl (C=O) groups is 1. The van der Waals surface area contributed by atoms with E-state index in [-0.39, 0.29) is 0 Å². The normalized spacial score (nSPS) is 12.8. The molecule has 1 heterocycles. The summed E-state index contributed by atoms with van der Waals surface area (Å²) in [6, 6.07) is 0.581. The van der Waals surface area contributed by atoms with E-state index in [1.807, 2.05) is 0 Å². The first kappa shape index (κ1) is 11.6. The largest absolute Gasteiger partial charge is 0.480 e. The van der Waals surface area contributed by atoms with Crippen LogP contribution in [0.25, 0.3) is 0 Å². The minimum Gasteiger partial charge on any atom is -0.480 e. The van der Waals surface area contributed by atoms with Crippen molar-refractivity contribution in [2.24, 2.45) is 11.7 Å². The fourth-order valence-corrected chi connectivity index (χ4v) is 1.24. The molecule has 1 rings (SSSR count). The molecule has 1 atom stereocenters. The van der Waals surface area contributed by atoms with Gasteiger partial charge in [-0.05, 0) is 18.4 Å². The Morgan fingerprint density at radius 3 is 2.73 bits per heavy atom. The van der Waals surface area contributed by atoms with Crippen LogP contribution in [0.3, 0.4) is 0 Å². The Labute approximate surface area is 88.4 Å². The second kappa shape index (κ2) is 4.84. The summed E-state index contributed by atoms with van der Waals surface area (Å²) in [6.45, 7) is 4.14. The number of carboxylic acids is 1. The van der Waals surface area contributed by atoms with Gasteiger partial charge in [-0.25, -0.2) is 9.97 Å². The number of hydrogen-bond donors (Lipinski definition) is 2. The molecule has 1 aromatic heterocycles. The SMILES string of the molecule is CC(C)Cc1cc(C(N)C(=O)O)ncn1. The molecule has 0 saturated carbocycles. The zero-order chi connectivity index (χ0) is 11.4. The summed E-state index contributed by atoms with van der Waals surface area (Å²) in [4.78, 5) is 18.6. The van der Waals surface area contributed by atoms with E-state index in [1.54, 1.807) is 6.07 Å². The standard InChI is InChI=1S/C10H15N3O2/c1-6(2)3-7-4-8(13-5-12-7)9(11)10(14)15/h4-6,9H,3,11H2,1-2H3,(H,14,15). The molecule has 1 aromatic rings. The van der Waals surface area contributed by atoms with Crippen molar-refractivity contribution in [3.63, 3.8) is 0 Å². The smallest absolute Gasteiger partial charge is 0.326 e. The van der Waals surface area contributed by atoms with Crippen molar-refractivity contribution in [3.05, 3.63) is 23.8 Å². The lowest BCUT2D eigenvalue weighted by atomic mass is 10.1. The van der Waals surface area contributed by atoms with Crippen molar-refractivity contribution in [2.45, 2.75) is 26.3 Å². The molecule has 5 heteroatoms. The number of rotatable bonds is 4. The zero-order valence-corrected chi connectivity index (χ0v) is 8.84. The minimum atomic E-state index is -1.08. The summed E-state index contributed by atoms with van der Waals surface area (Å²) >= 11 is 0. The van der Waals surface area contributed by atoms with Gasteiger partial charge in [0.2, 0.25) is 0 Å². The fourth-order valence-electron chi connectivity index (χ4n) is 1.24. The highest BCUT2D eigenvalue weighted by Crippen LogP contribution is 2.10. The maximum absolute atomic E-state index is 10.6. The molecule has 0 spiro atoms. The van der Waals surface area contributed by atoms with Crippen molar-refractivity contribution in [1.82, 2.24) is 9.97 Å². The first-order chi connectivity index (χ1) is 7.00. The summed E-state index contributed by atoms with van der Waals surface area (Å²) in [5.41, 5.74) is 6.63. The molecule has 0 aliphatic carbocycles. The summed E-state index contributed by atoms with van der Waals surface area (Å²) in [5, 5.41) is 8.72. The molecule has 3 N–H and O–H groups in total. The van der Waals surface area contributed by atoms with E-state index in [0.29, 0.717) is 11.6 Å². The Kier molecular flexibility index (Phi) is 3.74. The van der Waals surface area contributed by atoms with Crippen LogP contribution < -0.4 is 5.73 Å². The molecular formula is C10H15N3O2. The summed E-state index contributed by atoms with van der Waals surface area (Å²) in [6.07, 6.45) is 2.15. The van der Waals surface area contributed by atoms with Crippen molar-refractivity contribution in [1.29, 1.82) is 0 Å². The van der Waals surface area contributed by atoms with E-state index in [9.17, 15) is 4.79 Å². The Balaban J connectivity index is 2.87. The van der Waals surface area contributed by atoms with Crippen molar-refractivity contribution >= 4 is 5.97 Å². The number of nitrogens with two attached hydrogens (primary N) is 1. The highest BCUT2D eigenvalue weighted by Gasteiger charge is 2.16. The summed E-state index contributed by atoms with van der Waals surface area (Å²) < 4.78 is 0. The number of carboxylic acid groups (broad SMARTS) is 1. The van der Waals surface area contributed by atoms with E-state index in [0.717, 1.165) is 12.1 Å². The van der Waals surface area contributed by atoms with E-state index in [4.69, 9.17) is 10.8 Å². The minimum absolute atomic E-state index is 0.355. The Hall–Kier alpha value is -1.49. The van der Waals surface area contributed by atoms with Crippen LogP contribution in [0.15, 0.2) is 12.4 Å². The van der Waals surface area contributed by atoms with Gasteiger partial charge in [-0.3, -0.25) is 4.79 Å². The molecule has 0 aliphatic heterocycles. The highest BCUT2D eigenvalue weighted by molar-refractivity contribution is 5.74. The van der Waals surface area contributed by atoms with Crippen LogP contribution in [0, 0.1) is 5.92 Å². The van der Waals surface area contributed by atoms with Gasteiger partial charge >= 0.3 is 5.97 Å². The van der Waals surface area contributed by atoms with Gasteiger partial charge in [0.15, 0.2) is 0 Å². The molecule has 0 amide bonds.